The second-order valence-corrected chi connectivity index (χ2v) is 5.03. The molecule has 3 N–H and O–H groups in total. The number of nitrogens with zero attached hydrogens (tertiary/aromatic N) is 2. The van der Waals surface area contributed by atoms with Crippen LogP contribution in [0.1, 0.15) is 0 Å². The average Bonchev–Trinajstić information content (AvgIpc) is 3.15. The van der Waals surface area contributed by atoms with Gasteiger partial charge in [-0.1, -0.05) is 0 Å². The molecule has 2 heterocycles. The standard InChI is InChI=1S/C15H13F2N5O2/c16-13(17)8-22-7-11(6-19-22)21-15(24)14(23)20-10-1-2-12-9(5-10)3-4-18-12/h1-7,13,18H,8H2,(H,20,23)(H,21,24). The van der Waals surface area contributed by atoms with E-state index in [4.69, 9.17) is 0 Å². The zero-order chi connectivity index (χ0) is 17.1. The van der Waals surface area contributed by atoms with Crippen LogP contribution in [0.4, 0.5) is 20.2 Å². The Labute approximate surface area is 134 Å². The molecule has 124 valence electrons. The lowest BCUT2D eigenvalue weighted by molar-refractivity contribution is -0.132. The number of fused-ring (bicyclic) bond motifs is 1. The first-order valence-electron chi connectivity index (χ1n) is 7.01. The van der Waals surface area contributed by atoms with Crippen LogP contribution in [0.2, 0.25) is 0 Å². The van der Waals surface area contributed by atoms with Gasteiger partial charge in [-0.3, -0.25) is 14.3 Å². The maximum absolute atomic E-state index is 12.2. The summed E-state index contributed by atoms with van der Waals surface area (Å²) in [4.78, 5) is 26.8. The Hall–Kier alpha value is -3.23. The van der Waals surface area contributed by atoms with Crippen molar-refractivity contribution in [1.29, 1.82) is 0 Å². The number of rotatable bonds is 4. The van der Waals surface area contributed by atoms with Crippen LogP contribution in [0, 0.1) is 0 Å². The quantitative estimate of drug-likeness (QED) is 0.639. The summed E-state index contributed by atoms with van der Waals surface area (Å²) in [5.74, 6) is -1.78. The lowest BCUT2D eigenvalue weighted by Crippen LogP contribution is -2.28. The van der Waals surface area contributed by atoms with Gasteiger partial charge in [0.2, 0.25) is 0 Å². The lowest BCUT2D eigenvalue weighted by atomic mass is 10.2. The summed E-state index contributed by atoms with van der Waals surface area (Å²) in [5, 5.41) is 9.33. The monoisotopic (exact) mass is 333 g/mol. The van der Waals surface area contributed by atoms with E-state index in [0.717, 1.165) is 15.6 Å². The van der Waals surface area contributed by atoms with E-state index >= 15 is 0 Å². The number of carbonyl (C=O) groups excluding carboxylic acids is 2. The minimum absolute atomic E-state index is 0.164. The molecule has 0 radical (unpaired) electrons. The Bertz CT molecular complexity index is 887. The van der Waals surface area contributed by atoms with Gasteiger partial charge in [-0.25, -0.2) is 8.78 Å². The number of amides is 2. The molecule has 2 aromatic heterocycles. The molecular formula is C15H13F2N5O2. The molecule has 0 saturated heterocycles. The molecule has 0 aliphatic carbocycles. The Balaban J connectivity index is 1.61. The molecular weight excluding hydrogens is 320 g/mol. The first-order chi connectivity index (χ1) is 11.5. The van der Waals surface area contributed by atoms with Crippen LogP contribution in [0.3, 0.4) is 0 Å². The zero-order valence-corrected chi connectivity index (χ0v) is 12.3. The Morgan fingerprint density at radius 3 is 2.67 bits per heavy atom. The van der Waals surface area contributed by atoms with Crippen LogP contribution in [0.25, 0.3) is 10.9 Å². The Kier molecular flexibility index (Phi) is 4.23. The van der Waals surface area contributed by atoms with Crippen molar-refractivity contribution in [3.8, 4) is 0 Å². The molecule has 7 nitrogen and oxygen atoms in total. The fourth-order valence-corrected chi connectivity index (χ4v) is 2.18. The minimum Gasteiger partial charge on any atom is -0.361 e. The number of aromatic nitrogens is 3. The summed E-state index contributed by atoms with van der Waals surface area (Å²) in [6.07, 6.45) is 1.63. The smallest absolute Gasteiger partial charge is 0.314 e. The normalized spacial score (nSPS) is 11.0. The third-order valence-corrected chi connectivity index (χ3v) is 3.23. The molecule has 9 heteroatoms. The predicted octanol–water partition coefficient (Wildman–Crippen LogP) is 2.21. The van der Waals surface area contributed by atoms with Gasteiger partial charge >= 0.3 is 11.8 Å². The fourth-order valence-electron chi connectivity index (χ4n) is 2.18. The highest BCUT2D eigenvalue weighted by atomic mass is 19.3. The van der Waals surface area contributed by atoms with Crippen molar-refractivity contribution < 1.29 is 18.4 Å². The van der Waals surface area contributed by atoms with Crippen LogP contribution < -0.4 is 10.6 Å². The van der Waals surface area contributed by atoms with E-state index in [9.17, 15) is 18.4 Å². The van der Waals surface area contributed by atoms with Gasteiger partial charge in [0.25, 0.3) is 6.43 Å². The van der Waals surface area contributed by atoms with Crippen molar-refractivity contribution in [3.63, 3.8) is 0 Å². The number of alkyl halides is 2. The Morgan fingerprint density at radius 1 is 1.17 bits per heavy atom. The maximum atomic E-state index is 12.2. The Morgan fingerprint density at radius 2 is 1.92 bits per heavy atom. The van der Waals surface area contributed by atoms with E-state index in [1.807, 2.05) is 6.07 Å². The van der Waals surface area contributed by atoms with Crippen LogP contribution in [0.15, 0.2) is 42.9 Å². The van der Waals surface area contributed by atoms with E-state index in [2.05, 4.69) is 20.7 Å². The zero-order valence-electron chi connectivity index (χ0n) is 12.3. The van der Waals surface area contributed by atoms with Gasteiger partial charge in [0, 0.05) is 29.0 Å². The summed E-state index contributed by atoms with van der Waals surface area (Å²) in [6.45, 7) is -0.585. The van der Waals surface area contributed by atoms with E-state index < -0.39 is 24.8 Å². The molecule has 0 spiro atoms. The number of halogens is 2. The molecule has 3 rings (SSSR count). The number of hydrogen-bond acceptors (Lipinski definition) is 3. The van der Waals surface area contributed by atoms with Gasteiger partial charge in [-0.2, -0.15) is 5.10 Å². The topological polar surface area (TPSA) is 91.8 Å². The summed E-state index contributed by atoms with van der Waals surface area (Å²) in [6, 6.07) is 6.99. The van der Waals surface area contributed by atoms with Crippen LogP contribution in [-0.4, -0.2) is 33.0 Å². The second-order valence-electron chi connectivity index (χ2n) is 5.03. The average molecular weight is 333 g/mol. The lowest BCUT2D eigenvalue weighted by Gasteiger charge is -2.05. The van der Waals surface area contributed by atoms with Gasteiger partial charge in [-0.05, 0) is 24.3 Å². The van der Waals surface area contributed by atoms with Crippen molar-refractivity contribution >= 4 is 34.1 Å². The predicted molar refractivity (Wildman–Crippen MR) is 83.8 cm³/mol. The largest absolute Gasteiger partial charge is 0.361 e. The maximum Gasteiger partial charge on any atom is 0.314 e. The van der Waals surface area contributed by atoms with Gasteiger partial charge in [0.05, 0.1) is 11.9 Å². The number of anilines is 2. The second kappa shape index (κ2) is 6.49. The van der Waals surface area contributed by atoms with Crippen molar-refractivity contribution in [2.45, 2.75) is 13.0 Å². The van der Waals surface area contributed by atoms with Crippen molar-refractivity contribution in [2.24, 2.45) is 0 Å². The van der Waals surface area contributed by atoms with Gasteiger partial charge in [-0.15, -0.1) is 0 Å². The molecule has 3 aromatic rings. The van der Waals surface area contributed by atoms with Crippen LogP contribution in [-0.2, 0) is 16.1 Å². The minimum atomic E-state index is -2.56. The van der Waals surface area contributed by atoms with E-state index in [1.165, 1.54) is 12.4 Å². The first-order valence-corrected chi connectivity index (χ1v) is 7.01. The number of carbonyl (C=O) groups is 2. The first kappa shape index (κ1) is 15.7. The van der Waals surface area contributed by atoms with Gasteiger partial charge in [0.15, 0.2) is 0 Å². The third kappa shape index (κ3) is 3.57. The highest BCUT2D eigenvalue weighted by molar-refractivity contribution is 6.43. The summed E-state index contributed by atoms with van der Waals surface area (Å²) in [5.41, 5.74) is 1.54. The molecule has 0 bridgehead atoms. The molecule has 1 aromatic carbocycles. The summed E-state index contributed by atoms with van der Waals surface area (Å²) < 4.78 is 25.5. The number of benzene rings is 1. The van der Waals surface area contributed by atoms with E-state index in [-0.39, 0.29) is 5.69 Å². The summed E-state index contributed by atoms with van der Waals surface area (Å²) >= 11 is 0. The number of hydrogen-bond donors (Lipinski definition) is 3. The van der Waals surface area contributed by atoms with Gasteiger partial charge < -0.3 is 15.6 Å². The molecule has 24 heavy (non-hydrogen) atoms. The molecule has 0 aliphatic heterocycles. The van der Waals surface area contributed by atoms with E-state index in [1.54, 1.807) is 24.4 Å². The molecule has 2 amide bonds. The van der Waals surface area contributed by atoms with Crippen molar-refractivity contribution in [3.05, 3.63) is 42.9 Å². The SMILES string of the molecule is O=C(Nc1ccc2[nH]ccc2c1)C(=O)Nc1cnn(CC(F)F)c1. The van der Waals surface area contributed by atoms with Crippen LogP contribution >= 0.6 is 0 Å². The van der Waals surface area contributed by atoms with Gasteiger partial charge in [0.1, 0.15) is 6.54 Å². The van der Waals surface area contributed by atoms with Crippen LogP contribution in [0.5, 0.6) is 0 Å². The third-order valence-electron chi connectivity index (χ3n) is 3.23. The fraction of sp³-hybridized carbons (Fsp3) is 0.133. The molecule has 0 atom stereocenters. The number of H-pyrrole nitrogens is 1. The van der Waals surface area contributed by atoms with Crippen molar-refractivity contribution in [2.75, 3.05) is 10.6 Å². The molecule has 0 fully saturated rings. The summed E-state index contributed by atoms with van der Waals surface area (Å²) in [7, 11) is 0. The highest BCUT2D eigenvalue weighted by Gasteiger charge is 2.15. The molecule has 0 unspecified atom stereocenters. The molecule has 0 aliphatic rings. The number of aromatic amines is 1. The van der Waals surface area contributed by atoms with Crippen molar-refractivity contribution in [1.82, 2.24) is 14.8 Å². The van der Waals surface area contributed by atoms with E-state index in [0.29, 0.717) is 5.69 Å². The molecule has 0 saturated carbocycles. The number of nitrogens with one attached hydrogen (secondary N) is 3. The highest BCUT2D eigenvalue weighted by Crippen LogP contribution is 2.17.